The first-order valence-electron chi connectivity index (χ1n) is 9.99. The predicted molar refractivity (Wildman–Crippen MR) is 120 cm³/mol. The number of benzene rings is 3. The smallest absolute Gasteiger partial charge is 0.196 e. The predicted octanol–water partition coefficient (Wildman–Crippen LogP) is 5.41. The fraction of sp³-hybridized carbons (Fsp3) is 0.160. The van der Waals surface area contributed by atoms with Crippen LogP contribution < -0.4 is 5.73 Å². The highest BCUT2D eigenvalue weighted by Gasteiger charge is 2.28. The van der Waals surface area contributed by atoms with Crippen LogP contribution in [0.25, 0.3) is 10.8 Å². The molecular formula is C25H21FN2OS. The lowest BCUT2D eigenvalue weighted by Gasteiger charge is -2.27. The SMILES string of the molecule is Nc1sc2c(c1C(=O)c1ccc3ccccc3c1)CCN(Cc1ccccc1F)C2. The molecule has 0 saturated carbocycles. The molecule has 150 valence electrons. The van der Waals surface area contributed by atoms with Crippen molar-refractivity contribution in [1.29, 1.82) is 0 Å². The summed E-state index contributed by atoms with van der Waals surface area (Å²) in [5, 5.41) is 2.73. The Morgan fingerprint density at radius 2 is 1.80 bits per heavy atom. The molecular weight excluding hydrogens is 395 g/mol. The second kappa shape index (κ2) is 7.67. The maximum absolute atomic E-state index is 14.0. The largest absolute Gasteiger partial charge is 0.390 e. The van der Waals surface area contributed by atoms with E-state index in [-0.39, 0.29) is 11.6 Å². The minimum Gasteiger partial charge on any atom is -0.390 e. The molecule has 0 fully saturated rings. The van der Waals surface area contributed by atoms with Crippen LogP contribution in [0, 0.1) is 5.82 Å². The van der Waals surface area contributed by atoms with Crippen LogP contribution in [0.3, 0.4) is 0 Å². The third-order valence-electron chi connectivity index (χ3n) is 5.75. The van der Waals surface area contributed by atoms with Gasteiger partial charge in [0.1, 0.15) is 5.82 Å². The molecule has 2 N–H and O–H groups in total. The number of ketones is 1. The third kappa shape index (κ3) is 3.40. The van der Waals surface area contributed by atoms with Gasteiger partial charge in [0.2, 0.25) is 0 Å². The molecule has 5 rings (SSSR count). The lowest BCUT2D eigenvalue weighted by atomic mass is 9.95. The quantitative estimate of drug-likeness (QED) is 0.452. The van der Waals surface area contributed by atoms with Gasteiger partial charge in [-0.2, -0.15) is 0 Å². The van der Waals surface area contributed by atoms with Crippen molar-refractivity contribution >= 4 is 32.9 Å². The molecule has 0 unspecified atom stereocenters. The number of halogens is 1. The second-order valence-corrected chi connectivity index (χ2v) is 8.82. The summed E-state index contributed by atoms with van der Waals surface area (Å²) < 4.78 is 14.0. The third-order valence-corrected chi connectivity index (χ3v) is 6.80. The normalized spacial score (nSPS) is 14.0. The van der Waals surface area contributed by atoms with Gasteiger partial charge in [-0.15, -0.1) is 11.3 Å². The van der Waals surface area contributed by atoms with Crippen molar-refractivity contribution in [2.75, 3.05) is 12.3 Å². The average molecular weight is 417 g/mol. The van der Waals surface area contributed by atoms with Gasteiger partial charge in [0.05, 0.1) is 10.6 Å². The van der Waals surface area contributed by atoms with Crippen molar-refractivity contribution in [1.82, 2.24) is 4.90 Å². The number of anilines is 1. The lowest BCUT2D eigenvalue weighted by molar-refractivity contribution is 0.103. The maximum atomic E-state index is 14.0. The van der Waals surface area contributed by atoms with Gasteiger partial charge in [-0.25, -0.2) is 4.39 Å². The van der Waals surface area contributed by atoms with E-state index in [1.54, 1.807) is 6.07 Å². The zero-order valence-electron chi connectivity index (χ0n) is 16.4. The van der Waals surface area contributed by atoms with E-state index in [2.05, 4.69) is 4.90 Å². The topological polar surface area (TPSA) is 46.3 Å². The highest BCUT2D eigenvalue weighted by atomic mass is 32.1. The number of hydrogen-bond donors (Lipinski definition) is 1. The van der Waals surface area contributed by atoms with Crippen molar-refractivity contribution in [3.63, 3.8) is 0 Å². The van der Waals surface area contributed by atoms with E-state index >= 15 is 0 Å². The summed E-state index contributed by atoms with van der Waals surface area (Å²) in [6.45, 7) is 2.01. The highest BCUT2D eigenvalue weighted by molar-refractivity contribution is 7.16. The van der Waals surface area contributed by atoms with Crippen LogP contribution in [0.1, 0.15) is 31.9 Å². The molecule has 0 saturated heterocycles. The van der Waals surface area contributed by atoms with Gasteiger partial charge < -0.3 is 5.73 Å². The van der Waals surface area contributed by atoms with Gasteiger partial charge in [-0.05, 0) is 34.9 Å². The summed E-state index contributed by atoms with van der Waals surface area (Å²) in [4.78, 5) is 16.6. The molecule has 1 aliphatic heterocycles. The Kier molecular flexibility index (Phi) is 4.85. The Labute approximate surface area is 178 Å². The highest BCUT2D eigenvalue weighted by Crippen LogP contribution is 2.37. The number of hydrogen-bond acceptors (Lipinski definition) is 4. The average Bonchev–Trinajstić information content (AvgIpc) is 3.09. The van der Waals surface area contributed by atoms with Gasteiger partial charge in [0.15, 0.2) is 5.78 Å². The summed E-state index contributed by atoms with van der Waals surface area (Å²) in [6, 6.07) is 20.7. The number of nitrogen functional groups attached to an aromatic ring is 1. The standard InChI is InChI=1S/C25H21FN2OS/c26-21-8-4-3-7-19(21)14-28-12-11-20-22(15-28)30-25(27)23(20)24(29)18-10-9-16-5-1-2-6-17(16)13-18/h1-10,13H,11-12,14-15,27H2. The summed E-state index contributed by atoms with van der Waals surface area (Å²) in [5.74, 6) is -0.195. The molecule has 5 heteroatoms. The van der Waals surface area contributed by atoms with Crippen molar-refractivity contribution < 1.29 is 9.18 Å². The molecule has 3 aromatic carbocycles. The van der Waals surface area contributed by atoms with Crippen molar-refractivity contribution in [3.05, 3.63) is 99.7 Å². The van der Waals surface area contributed by atoms with Crippen LogP contribution in [-0.2, 0) is 19.5 Å². The van der Waals surface area contributed by atoms with E-state index in [9.17, 15) is 9.18 Å². The molecule has 0 atom stereocenters. The first kappa shape index (κ1) is 19.0. The first-order valence-corrected chi connectivity index (χ1v) is 10.8. The summed E-state index contributed by atoms with van der Waals surface area (Å²) in [6.07, 6.45) is 0.742. The van der Waals surface area contributed by atoms with Crippen LogP contribution >= 0.6 is 11.3 Å². The Morgan fingerprint density at radius 1 is 1.03 bits per heavy atom. The Morgan fingerprint density at radius 3 is 2.63 bits per heavy atom. The van der Waals surface area contributed by atoms with Crippen LogP contribution in [-0.4, -0.2) is 17.2 Å². The lowest BCUT2D eigenvalue weighted by Crippen LogP contribution is -2.30. The van der Waals surface area contributed by atoms with Gasteiger partial charge in [-0.1, -0.05) is 54.6 Å². The fourth-order valence-corrected chi connectivity index (χ4v) is 5.36. The molecule has 0 bridgehead atoms. The zero-order chi connectivity index (χ0) is 20.7. The van der Waals surface area contributed by atoms with E-state index < -0.39 is 0 Å². The van der Waals surface area contributed by atoms with Crippen molar-refractivity contribution in [2.45, 2.75) is 19.5 Å². The number of thiophene rings is 1. The molecule has 30 heavy (non-hydrogen) atoms. The van der Waals surface area contributed by atoms with Crippen LogP contribution in [0.2, 0.25) is 0 Å². The van der Waals surface area contributed by atoms with E-state index in [1.807, 2.05) is 54.6 Å². The number of rotatable bonds is 4. The molecule has 0 aliphatic carbocycles. The van der Waals surface area contributed by atoms with E-state index in [4.69, 9.17) is 5.73 Å². The number of carbonyl (C=O) groups is 1. The Hall–Kier alpha value is -3.02. The van der Waals surface area contributed by atoms with Crippen LogP contribution in [0.15, 0.2) is 66.7 Å². The van der Waals surface area contributed by atoms with Gasteiger partial charge in [0.25, 0.3) is 0 Å². The Bertz CT molecular complexity index is 1260. The molecule has 1 aliphatic rings. The summed E-state index contributed by atoms with van der Waals surface area (Å²) in [5.41, 5.74) is 9.37. The molecule has 3 nitrogen and oxygen atoms in total. The molecule has 4 aromatic rings. The number of nitrogens with two attached hydrogens (primary N) is 1. The summed E-state index contributed by atoms with van der Waals surface area (Å²) in [7, 11) is 0. The minimum atomic E-state index is -0.179. The molecule has 0 spiro atoms. The van der Waals surface area contributed by atoms with Crippen LogP contribution in [0.5, 0.6) is 0 Å². The van der Waals surface area contributed by atoms with Crippen LogP contribution in [0.4, 0.5) is 9.39 Å². The fourth-order valence-electron chi connectivity index (χ4n) is 4.20. The monoisotopic (exact) mass is 416 g/mol. The second-order valence-electron chi connectivity index (χ2n) is 7.69. The maximum Gasteiger partial charge on any atom is 0.196 e. The first-order chi connectivity index (χ1) is 14.6. The minimum absolute atomic E-state index is 0.0155. The Balaban J connectivity index is 1.42. The van der Waals surface area contributed by atoms with Crippen molar-refractivity contribution in [2.24, 2.45) is 0 Å². The van der Waals surface area contributed by atoms with Gasteiger partial charge in [0, 0.05) is 35.6 Å². The number of nitrogens with zero attached hydrogens (tertiary/aromatic N) is 1. The molecule has 0 amide bonds. The molecule has 1 aromatic heterocycles. The van der Waals surface area contributed by atoms with Gasteiger partial charge in [-0.3, -0.25) is 9.69 Å². The molecule has 0 radical (unpaired) electrons. The van der Waals surface area contributed by atoms with Gasteiger partial charge >= 0.3 is 0 Å². The molecule has 2 heterocycles. The van der Waals surface area contributed by atoms with Crippen molar-refractivity contribution in [3.8, 4) is 0 Å². The number of carbonyl (C=O) groups excluding carboxylic acids is 1. The van der Waals surface area contributed by atoms with E-state index in [0.29, 0.717) is 34.8 Å². The zero-order valence-corrected chi connectivity index (χ0v) is 17.2. The summed E-state index contributed by atoms with van der Waals surface area (Å²) >= 11 is 1.48. The van der Waals surface area contributed by atoms with E-state index in [0.717, 1.165) is 34.2 Å². The van der Waals surface area contributed by atoms with E-state index in [1.165, 1.54) is 17.4 Å². The number of fused-ring (bicyclic) bond motifs is 2.